The number of hydrogen-bond acceptors (Lipinski definition) is 5. The highest BCUT2D eigenvalue weighted by atomic mass is 32.2. The summed E-state index contributed by atoms with van der Waals surface area (Å²) < 4.78 is 66.2. The maximum absolute atomic E-state index is 13.5. The highest BCUT2D eigenvalue weighted by Crippen LogP contribution is 2.35. The average Bonchev–Trinajstić information content (AvgIpc) is 3.33. The molecule has 11 heteroatoms. The summed E-state index contributed by atoms with van der Waals surface area (Å²) in [7, 11) is -3.65. The van der Waals surface area contributed by atoms with Crippen molar-refractivity contribution in [3.8, 4) is 0 Å². The summed E-state index contributed by atoms with van der Waals surface area (Å²) in [5, 5.41) is 6.09. The van der Waals surface area contributed by atoms with Crippen LogP contribution in [0.1, 0.15) is 41.6 Å². The van der Waals surface area contributed by atoms with Crippen molar-refractivity contribution in [2.45, 2.75) is 54.9 Å². The Hall–Kier alpha value is -3.86. The number of nitrogens with zero attached hydrogens (tertiary/aromatic N) is 1. The smallest absolute Gasteiger partial charge is 0.382 e. The van der Waals surface area contributed by atoms with Crippen molar-refractivity contribution < 1.29 is 31.2 Å². The Labute approximate surface area is 243 Å². The maximum Gasteiger partial charge on any atom is 0.416 e. The fourth-order valence-corrected chi connectivity index (χ4v) is 7.67. The lowest BCUT2D eigenvalue weighted by atomic mass is 9.81. The molecule has 1 aliphatic carbocycles. The largest absolute Gasteiger partial charge is 0.416 e. The van der Waals surface area contributed by atoms with Crippen molar-refractivity contribution in [1.82, 2.24) is 10.2 Å². The van der Waals surface area contributed by atoms with E-state index in [1.54, 1.807) is 35.2 Å². The molecule has 4 atom stereocenters. The van der Waals surface area contributed by atoms with E-state index in [-0.39, 0.29) is 46.5 Å². The molecule has 1 aliphatic heterocycles. The number of halogens is 3. The fraction of sp³-hybridized carbons (Fsp3) is 0.355. The third kappa shape index (κ3) is 6.78. The first-order valence-electron chi connectivity index (χ1n) is 13.9. The SMILES string of the molecule is O=C(NC1CCN([C@H]2CC[C@@H](Nc3ccccc3)C[C@H]2CS(=O)(=O)c2ccccc2)C1=O)c1cccc(C(F)(F)F)c1. The van der Waals surface area contributed by atoms with Gasteiger partial charge < -0.3 is 15.5 Å². The summed E-state index contributed by atoms with van der Waals surface area (Å²) in [6, 6.07) is 20.7. The predicted molar refractivity (Wildman–Crippen MR) is 153 cm³/mol. The van der Waals surface area contributed by atoms with Crippen LogP contribution in [0.5, 0.6) is 0 Å². The second-order valence-corrected chi connectivity index (χ2v) is 12.9. The number of sulfone groups is 1. The van der Waals surface area contributed by atoms with Gasteiger partial charge in [0.25, 0.3) is 5.91 Å². The third-order valence-corrected chi connectivity index (χ3v) is 9.88. The lowest BCUT2D eigenvalue weighted by Gasteiger charge is -2.41. The van der Waals surface area contributed by atoms with Gasteiger partial charge in [-0.25, -0.2) is 8.42 Å². The molecule has 2 fully saturated rings. The van der Waals surface area contributed by atoms with E-state index in [0.29, 0.717) is 25.8 Å². The first kappa shape index (κ1) is 29.6. The van der Waals surface area contributed by atoms with Gasteiger partial charge in [-0.2, -0.15) is 13.2 Å². The van der Waals surface area contributed by atoms with Gasteiger partial charge in [-0.1, -0.05) is 42.5 Å². The molecule has 7 nitrogen and oxygen atoms in total. The summed E-state index contributed by atoms with van der Waals surface area (Å²) in [4.78, 5) is 28.2. The van der Waals surface area contributed by atoms with Crippen LogP contribution in [0.3, 0.4) is 0 Å². The average molecular weight is 600 g/mol. The van der Waals surface area contributed by atoms with Gasteiger partial charge in [0.2, 0.25) is 5.91 Å². The quantitative estimate of drug-likeness (QED) is 0.373. The molecule has 5 rings (SSSR count). The minimum absolute atomic E-state index is 0.00809. The number of carbonyl (C=O) groups excluding carboxylic acids is 2. The number of likely N-dealkylation sites (tertiary alicyclic amines) is 1. The third-order valence-electron chi connectivity index (χ3n) is 8.02. The van der Waals surface area contributed by atoms with Crippen LogP contribution in [-0.2, 0) is 20.8 Å². The molecule has 3 aromatic rings. The fourth-order valence-electron chi connectivity index (χ4n) is 5.99. The van der Waals surface area contributed by atoms with Crippen molar-refractivity contribution in [2.75, 3.05) is 17.6 Å². The van der Waals surface area contributed by atoms with Crippen LogP contribution in [0.4, 0.5) is 18.9 Å². The molecule has 0 aromatic heterocycles. The van der Waals surface area contributed by atoms with Gasteiger partial charge in [-0.15, -0.1) is 0 Å². The number of para-hydroxylation sites is 1. The van der Waals surface area contributed by atoms with Gasteiger partial charge in [-0.05, 0) is 74.1 Å². The first-order valence-corrected chi connectivity index (χ1v) is 15.5. The molecule has 3 aromatic carbocycles. The number of anilines is 1. The molecule has 1 saturated heterocycles. The zero-order chi connectivity index (χ0) is 29.9. The standard InChI is InChI=1S/C31H32F3N3O4S/c32-31(33,34)23-9-7-8-21(18-23)29(38)36-27-16-17-37(30(27)39)28-15-14-25(35-24-10-3-1-4-11-24)19-22(28)20-42(40,41)26-12-5-2-6-13-26/h1-13,18,22,25,27-28,35H,14-17,19-20H2,(H,36,38)/t22-,25+,27?,28-/m0/s1. The molecular formula is C31H32F3N3O4S. The molecular weight excluding hydrogens is 567 g/mol. The van der Waals surface area contributed by atoms with Gasteiger partial charge >= 0.3 is 6.18 Å². The van der Waals surface area contributed by atoms with E-state index >= 15 is 0 Å². The van der Waals surface area contributed by atoms with Gasteiger partial charge in [0, 0.05) is 29.9 Å². The van der Waals surface area contributed by atoms with E-state index in [1.807, 2.05) is 30.3 Å². The second-order valence-electron chi connectivity index (χ2n) is 10.9. The van der Waals surface area contributed by atoms with Crippen LogP contribution in [0.15, 0.2) is 89.8 Å². The highest BCUT2D eigenvalue weighted by Gasteiger charge is 2.43. The molecule has 1 saturated carbocycles. The van der Waals surface area contributed by atoms with E-state index < -0.39 is 33.5 Å². The number of nitrogens with one attached hydrogen (secondary N) is 2. The van der Waals surface area contributed by atoms with Crippen LogP contribution in [-0.4, -0.2) is 55.6 Å². The molecule has 2 aliphatic rings. The molecule has 0 spiro atoms. The Kier molecular flexibility index (Phi) is 8.58. The van der Waals surface area contributed by atoms with Crippen LogP contribution in [0, 0.1) is 5.92 Å². The van der Waals surface area contributed by atoms with Crippen LogP contribution in [0.25, 0.3) is 0 Å². The lowest BCUT2D eigenvalue weighted by Crippen LogP contribution is -2.51. The summed E-state index contributed by atoms with van der Waals surface area (Å²) in [6.07, 6.45) is -2.51. The Balaban J connectivity index is 1.32. The van der Waals surface area contributed by atoms with Gasteiger partial charge in [0.1, 0.15) is 6.04 Å². The molecule has 2 N–H and O–H groups in total. The van der Waals surface area contributed by atoms with E-state index in [1.165, 1.54) is 6.07 Å². The summed E-state index contributed by atoms with van der Waals surface area (Å²) in [5.41, 5.74) is -0.200. The van der Waals surface area contributed by atoms with Crippen molar-refractivity contribution in [2.24, 2.45) is 5.92 Å². The molecule has 1 heterocycles. The highest BCUT2D eigenvalue weighted by molar-refractivity contribution is 7.91. The summed E-state index contributed by atoms with van der Waals surface area (Å²) >= 11 is 0. The van der Waals surface area contributed by atoms with Gasteiger partial charge in [-0.3, -0.25) is 9.59 Å². The Morgan fingerprint density at radius 1 is 0.905 bits per heavy atom. The lowest BCUT2D eigenvalue weighted by molar-refractivity contribution is -0.137. The molecule has 0 radical (unpaired) electrons. The number of benzene rings is 3. The van der Waals surface area contributed by atoms with E-state index in [9.17, 15) is 31.2 Å². The molecule has 0 bridgehead atoms. The number of amides is 2. The number of rotatable bonds is 8. The normalized spacial score (nSPS) is 23.0. The molecule has 42 heavy (non-hydrogen) atoms. The van der Waals surface area contributed by atoms with Gasteiger partial charge in [0.15, 0.2) is 9.84 Å². The van der Waals surface area contributed by atoms with Crippen molar-refractivity contribution in [1.29, 1.82) is 0 Å². The zero-order valence-electron chi connectivity index (χ0n) is 22.8. The van der Waals surface area contributed by atoms with Crippen LogP contribution in [0.2, 0.25) is 0 Å². The number of hydrogen-bond donors (Lipinski definition) is 2. The van der Waals surface area contributed by atoms with E-state index in [4.69, 9.17) is 0 Å². The van der Waals surface area contributed by atoms with Gasteiger partial charge in [0.05, 0.1) is 16.2 Å². The minimum Gasteiger partial charge on any atom is -0.382 e. The Morgan fingerprint density at radius 3 is 2.29 bits per heavy atom. The van der Waals surface area contributed by atoms with Crippen LogP contribution >= 0.6 is 0 Å². The summed E-state index contributed by atoms with van der Waals surface area (Å²) in [6.45, 7) is 0.315. The van der Waals surface area contributed by atoms with Crippen molar-refractivity contribution in [3.05, 3.63) is 96.1 Å². The van der Waals surface area contributed by atoms with E-state index in [0.717, 1.165) is 23.9 Å². The maximum atomic E-state index is 13.5. The second kappa shape index (κ2) is 12.2. The van der Waals surface area contributed by atoms with Crippen molar-refractivity contribution >= 4 is 27.3 Å². The Morgan fingerprint density at radius 2 is 1.60 bits per heavy atom. The topological polar surface area (TPSA) is 95.6 Å². The summed E-state index contributed by atoms with van der Waals surface area (Å²) in [5.74, 6) is -1.62. The first-order chi connectivity index (χ1) is 20.0. The Bertz CT molecular complexity index is 1520. The monoisotopic (exact) mass is 599 g/mol. The minimum atomic E-state index is -4.60. The molecule has 222 valence electrons. The molecule has 1 unspecified atom stereocenters. The van der Waals surface area contributed by atoms with Crippen molar-refractivity contribution in [3.63, 3.8) is 0 Å². The van der Waals surface area contributed by atoms with E-state index in [2.05, 4.69) is 10.6 Å². The predicted octanol–water partition coefficient (Wildman–Crippen LogP) is 5.16. The zero-order valence-corrected chi connectivity index (χ0v) is 23.6. The number of carbonyl (C=O) groups is 2. The number of alkyl halides is 3. The van der Waals surface area contributed by atoms with Crippen LogP contribution < -0.4 is 10.6 Å². The molecule has 2 amide bonds.